The van der Waals surface area contributed by atoms with Crippen LogP contribution in [0.5, 0.6) is 0 Å². The lowest BCUT2D eigenvalue weighted by Crippen LogP contribution is -2.53. The highest BCUT2D eigenvalue weighted by Crippen LogP contribution is 2.25. The molecule has 1 rings (SSSR count). The Hall–Kier alpha value is -0.980. The molecule has 82 valence electrons. The molecule has 1 saturated heterocycles. The van der Waals surface area contributed by atoms with Crippen LogP contribution in [0.3, 0.4) is 0 Å². The van der Waals surface area contributed by atoms with E-state index in [0.717, 1.165) is 0 Å². The van der Waals surface area contributed by atoms with E-state index in [0.29, 0.717) is 6.54 Å². The zero-order valence-corrected chi connectivity index (χ0v) is 7.34. The number of hydrogen-bond acceptors (Lipinski definition) is 2. The molecule has 14 heavy (non-hydrogen) atoms. The molecule has 7 heteroatoms. The van der Waals surface area contributed by atoms with E-state index in [1.165, 1.54) is 0 Å². The fraction of sp³-hybridized carbons (Fsp3) is 0.857. The average Bonchev–Trinajstić information content (AvgIpc) is 2.56. The number of nitrogens with one attached hydrogen (secondary N) is 1. The molecule has 2 N–H and O–H groups in total. The normalized spacial score (nSPS) is 22.4. The minimum Gasteiger partial charge on any atom is -0.465 e. The van der Waals surface area contributed by atoms with Crippen LogP contribution in [0.15, 0.2) is 0 Å². The van der Waals surface area contributed by atoms with Gasteiger partial charge in [0.15, 0.2) is 6.67 Å². The van der Waals surface area contributed by atoms with Gasteiger partial charge < -0.3 is 10.4 Å². The number of nitrogens with zero attached hydrogens (tertiary/aromatic N) is 1. The Labute approximate surface area is 78.7 Å². The quantitative estimate of drug-likeness (QED) is 0.683. The average molecular weight is 212 g/mol. The van der Waals surface area contributed by atoms with Gasteiger partial charge in [-0.3, -0.25) is 0 Å². The summed E-state index contributed by atoms with van der Waals surface area (Å²) in [4.78, 5) is 10.4. The van der Waals surface area contributed by atoms with Crippen LogP contribution in [0.4, 0.5) is 18.0 Å². The third-order valence-electron chi connectivity index (χ3n) is 2.12. The Morgan fingerprint density at radius 2 is 2.29 bits per heavy atom. The van der Waals surface area contributed by atoms with Gasteiger partial charge in [0.25, 0.3) is 0 Å². The molecule has 0 aromatic heterocycles. The SMILES string of the molecule is O=C(O)N(C1CCNC1)C(F)(F)CF. The van der Waals surface area contributed by atoms with Gasteiger partial charge >= 0.3 is 12.1 Å². The number of carbonyl (C=O) groups is 1. The molecule has 1 aliphatic rings. The Bertz CT molecular complexity index is 219. The summed E-state index contributed by atoms with van der Waals surface area (Å²) < 4.78 is 37.7. The minimum absolute atomic E-state index is 0.104. The molecule has 0 radical (unpaired) electrons. The number of rotatable bonds is 3. The lowest BCUT2D eigenvalue weighted by atomic mass is 10.2. The maximum absolute atomic E-state index is 12.9. The van der Waals surface area contributed by atoms with Crippen molar-refractivity contribution in [1.29, 1.82) is 0 Å². The van der Waals surface area contributed by atoms with Crippen LogP contribution in [-0.4, -0.2) is 48.0 Å². The molecule has 4 nitrogen and oxygen atoms in total. The van der Waals surface area contributed by atoms with Crippen molar-refractivity contribution >= 4 is 6.09 Å². The van der Waals surface area contributed by atoms with Gasteiger partial charge in [-0.15, -0.1) is 0 Å². The second-order valence-corrected chi connectivity index (χ2v) is 3.10. The molecule has 0 saturated carbocycles. The third-order valence-corrected chi connectivity index (χ3v) is 2.12. The van der Waals surface area contributed by atoms with Crippen molar-refractivity contribution < 1.29 is 23.1 Å². The van der Waals surface area contributed by atoms with E-state index in [-0.39, 0.29) is 17.9 Å². The Balaban J connectivity index is 2.77. The van der Waals surface area contributed by atoms with Gasteiger partial charge in [0, 0.05) is 6.54 Å². The topological polar surface area (TPSA) is 52.6 Å². The van der Waals surface area contributed by atoms with Crippen molar-refractivity contribution in [3.8, 4) is 0 Å². The number of hydrogen-bond donors (Lipinski definition) is 2. The van der Waals surface area contributed by atoms with Crippen LogP contribution in [0.1, 0.15) is 6.42 Å². The number of amides is 1. The molecule has 0 aromatic carbocycles. The molecule has 1 fully saturated rings. The lowest BCUT2D eigenvalue weighted by Gasteiger charge is -2.31. The zero-order valence-electron chi connectivity index (χ0n) is 7.34. The van der Waals surface area contributed by atoms with E-state index in [9.17, 15) is 18.0 Å². The van der Waals surface area contributed by atoms with Gasteiger partial charge in [-0.1, -0.05) is 0 Å². The first kappa shape index (κ1) is 11.1. The first-order chi connectivity index (χ1) is 6.49. The molecule has 0 aliphatic carbocycles. The first-order valence-electron chi connectivity index (χ1n) is 4.16. The number of alkyl halides is 3. The highest BCUT2D eigenvalue weighted by Gasteiger charge is 2.45. The largest absolute Gasteiger partial charge is 0.465 e. The molecular formula is C7H11F3N2O2. The monoisotopic (exact) mass is 212 g/mol. The van der Waals surface area contributed by atoms with Crippen molar-refractivity contribution in [2.75, 3.05) is 19.8 Å². The van der Waals surface area contributed by atoms with Gasteiger partial charge in [-0.05, 0) is 13.0 Å². The van der Waals surface area contributed by atoms with Crippen LogP contribution in [0.25, 0.3) is 0 Å². The van der Waals surface area contributed by atoms with E-state index in [1.54, 1.807) is 0 Å². The smallest absolute Gasteiger partial charge is 0.412 e. The summed E-state index contributed by atoms with van der Waals surface area (Å²) in [5, 5.41) is 11.3. The Kier molecular flexibility index (Phi) is 3.20. The van der Waals surface area contributed by atoms with Crippen molar-refractivity contribution in [1.82, 2.24) is 10.2 Å². The third kappa shape index (κ3) is 2.09. The Morgan fingerprint density at radius 3 is 2.64 bits per heavy atom. The summed E-state index contributed by atoms with van der Waals surface area (Å²) in [5.74, 6) is 0. The highest BCUT2D eigenvalue weighted by atomic mass is 19.3. The van der Waals surface area contributed by atoms with E-state index >= 15 is 0 Å². The van der Waals surface area contributed by atoms with Crippen LogP contribution >= 0.6 is 0 Å². The molecule has 1 atom stereocenters. The number of halogens is 3. The summed E-state index contributed by atoms with van der Waals surface area (Å²) >= 11 is 0. The minimum atomic E-state index is -3.93. The van der Waals surface area contributed by atoms with Gasteiger partial charge in [-0.2, -0.15) is 8.78 Å². The second-order valence-electron chi connectivity index (χ2n) is 3.10. The van der Waals surface area contributed by atoms with Gasteiger partial charge in [0.05, 0.1) is 6.04 Å². The van der Waals surface area contributed by atoms with E-state index in [4.69, 9.17) is 5.11 Å². The van der Waals surface area contributed by atoms with Gasteiger partial charge in [-0.25, -0.2) is 14.1 Å². The van der Waals surface area contributed by atoms with Crippen LogP contribution < -0.4 is 5.32 Å². The van der Waals surface area contributed by atoms with Gasteiger partial charge in [0.1, 0.15) is 0 Å². The maximum Gasteiger partial charge on any atom is 0.412 e. The van der Waals surface area contributed by atoms with Crippen LogP contribution in [0.2, 0.25) is 0 Å². The first-order valence-corrected chi connectivity index (χ1v) is 4.16. The second kappa shape index (κ2) is 4.04. The fourth-order valence-corrected chi connectivity index (χ4v) is 1.49. The summed E-state index contributed by atoms with van der Waals surface area (Å²) in [5.41, 5.74) is 0. The van der Waals surface area contributed by atoms with Crippen molar-refractivity contribution in [2.24, 2.45) is 0 Å². The van der Waals surface area contributed by atoms with Crippen molar-refractivity contribution in [3.63, 3.8) is 0 Å². The molecule has 1 aliphatic heterocycles. The summed E-state index contributed by atoms with van der Waals surface area (Å²) in [6.07, 6.45) is -1.51. The van der Waals surface area contributed by atoms with E-state index < -0.39 is 24.9 Å². The van der Waals surface area contributed by atoms with Crippen molar-refractivity contribution in [3.05, 3.63) is 0 Å². The lowest BCUT2D eigenvalue weighted by molar-refractivity contribution is -0.153. The van der Waals surface area contributed by atoms with Crippen LogP contribution in [0, 0.1) is 0 Å². The van der Waals surface area contributed by atoms with Crippen molar-refractivity contribution in [2.45, 2.75) is 18.5 Å². The summed E-state index contributed by atoms with van der Waals surface area (Å²) in [6, 6.07) is -4.78. The molecule has 1 unspecified atom stereocenters. The molecule has 0 aromatic rings. The molecule has 1 heterocycles. The predicted octanol–water partition coefficient (Wildman–Crippen LogP) is 0.891. The van der Waals surface area contributed by atoms with E-state index in [2.05, 4.69) is 5.32 Å². The summed E-state index contributed by atoms with van der Waals surface area (Å²) in [6.45, 7) is -1.38. The fourth-order valence-electron chi connectivity index (χ4n) is 1.49. The summed E-state index contributed by atoms with van der Waals surface area (Å²) in [7, 11) is 0. The molecular weight excluding hydrogens is 201 g/mol. The molecule has 0 spiro atoms. The molecule has 1 amide bonds. The molecule has 0 bridgehead atoms. The van der Waals surface area contributed by atoms with Gasteiger partial charge in [0.2, 0.25) is 0 Å². The highest BCUT2D eigenvalue weighted by molar-refractivity contribution is 5.66. The van der Waals surface area contributed by atoms with Crippen LogP contribution in [-0.2, 0) is 0 Å². The zero-order chi connectivity index (χ0) is 10.8. The predicted molar refractivity (Wildman–Crippen MR) is 42.1 cm³/mol. The Morgan fingerprint density at radius 1 is 1.64 bits per heavy atom. The maximum atomic E-state index is 12.9. The standard InChI is InChI=1S/C7H11F3N2O2/c8-4-7(9,10)12(6(13)14)5-1-2-11-3-5/h5,11H,1-4H2,(H,13,14). The van der Waals surface area contributed by atoms with E-state index in [1.807, 2.05) is 0 Å². The number of carboxylic acid groups (broad SMARTS) is 1.